The number of benzene rings is 2. The molecule has 3 aliphatic heterocycles. The molecule has 2 aromatic rings. The Hall–Kier alpha value is -4.00. The van der Waals surface area contributed by atoms with E-state index in [1.54, 1.807) is 31.2 Å². The lowest BCUT2D eigenvalue weighted by Crippen LogP contribution is -2.63. The molecule has 4 unspecified atom stereocenters. The van der Waals surface area contributed by atoms with Crippen molar-refractivity contribution in [2.45, 2.75) is 49.6 Å². The summed E-state index contributed by atoms with van der Waals surface area (Å²) in [6.07, 6.45) is 4.85. The summed E-state index contributed by atoms with van der Waals surface area (Å²) >= 11 is 0. The number of β-lactam (4-membered cyclic amide) rings is 1. The van der Waals surface area contributed by atoms with Gasteiger partial charge in [0.1, 0.15) is 18.9 Å². The van der Waals surface area contributed by atoms with Gasteiger partial charge in [0.2, 0.25) is 5.91 Å². The molecule has 0 spiro atoms. The number of nitrogens with zero attached hydrogens (tertiary/aromatic N) is 2. The summed E-state index contributed by atoms with van der Waals surface area (Å²) in [5.74, 6) is -3.95. The van der Waals surface area contributed by atoms with E-state index in [4.69, 9.17) is 14.5 Å². The number of hydrogen-bond acceptors (Lipinski definition) is 9. The van der Waals surface area contributed by atoms with Crippen molar-refractivity contribution in [3.63, 3.8) is 0 Å². The van der Waals surface area contributed by atoms with Crippen molar-refractivity contribution in [1.29, 1.82) is 0 Å². The van der Waals surface area contributed by atoms with Crippen LogP contribution in [0.15, 0.2) is 71.8 Å². The Morgan fingerprint density at radius 1 is 1.14 bits per heavy atom. The lowest BCUT2D eigenvalue weighted by Gasteiger charge is -2.48. The second kappa shape index (κ2) is 11.5. The summed E-state index contributed by atoms with van der Waals surface area (Å²) in [6, 6.07) is 7.37. The van der Waals surface area contributed by atoms with E-state index in [1.165, 1.54) is 21.4 Å². The van der Waals surface area contributed by atoms with Crippen LogP contribution in [-0.4, -0.2) is 68.2 Å². The van der Waals surface area contributed by atoms with Crippen molar-refractivity contribution in [3.8, 4) is 0 Å². The number of aliphatic hydroxyl groups excluding tert-OH is 1. The van der Waals surface area contributed by atoms with Crippen molar-refractivity contribution >= 4 is 44.3 Å². The van der Waals surface area contributed by atoms with E-state index >= 15 is 0 Å². The molecule has 0 aromatic heterocycles. The first-order valence-corrected chi connectivity index (χ1v) is 16.1. The normalized spacial score (nSPS) is 25.3. The van der Waals surface area contributed by atoms with Crippen LogP contribution in [0.4, 0.5) is 5.69 Å². The molecule has 1 amide bonds. The highest BCUT2D eigenvalue weighted by molar-refractivity contribution is 7.93. The molecule has 0 bridgehead atoms. The van der Waals surface area contributed by atoms with Gasteiger partial charge in [-0.2, -0.15) is 4.89 Å². The van der Waals surface area contributed by atoms with E-state index in [0.29, 0.717) is 42.3 Å². The van der Waals surface area contributed by atoms with Crippen LogP contribution in [0.25, 0.3) is 10.8 Å². The van der Waals surface area contributed by atoms with Crippen LogP contribution < -0.4 is 4.31 Å². The van der Waals surface area contributed by atoms with Gasteiger partial charge in [0.05, 0.1) is 34.5 Å². The molecule has 1 saturated carbocycles. The van der Waals surface area contributed by atoms with Gasteiger partial charge in [-0.05, 0) is 47.9 Å². The molecule has 2 fully saturated rings. The highest BCUT2D eigenvalue weighted by atomic mass is 32.2. The van der Waals surface area contributed by atoms with Crippen molar-refractivity contribution < 1.29 is 42.4 Å². The zero-order valence-electron chi connectivity index (χ0n) is 24.3. The van der Waals surface area contributed by atoms with Gasteiger partial charge in [-0.1, -0.05) is 50.3 Å². The van der Waals surface area contributed by atoms with Crippen molar-refractivity contribution in [1.82, 2.24) is 4.90 Å². The van der Waals surface area contributed by atoms with E-state index in [2.05, 4.69) is 13.2 Å². The van der Waals surface area contributed by atoms with E-state index in [1.807, 2.05) is 6.07 Å². The fraction of sp³-hybridized carbons (Fsp3) is 0.406. The van der Waals surface area contributed by atoms with Gasteiger partial charge >= 0.3 is 11.9 Å². The Balaban J connectivity index is 1.44. The number of esters is 1. The molecule has 12 heteroatoms. The number of amides is 1. The lowest BCUT2D eigenvalue weighted by molar-refractivity contribution is -0.271. The first-order valence-electron chi connectivity index (χ1n) is 14.7. The third-order valence-corrected chi connectivity index (χ3v) is 11.0. The third kappa shape index (κ3) is 4.38. The molecular weight excluding hydrogens is 588 g/mol. The van der Waals surface area contributed by atoms with Crippen molar-refractivity contribution in [3.05, 3.63) is 72.5 Å². The minimum absolute atomic E-state index is 0.0110. The summed E-state index contributed by atoms with van der Waals surface area (Å²) in [5.41, 5.74) is 1.88. The number of aliphatic hydroxyl groups is 1. The van der Waals surface area contributed by atoms with Gasteiger partial charge in [-0.25, -0.2) is 18.0 Å². The van der Waals surface area contributed by atoms with E-state index in [-0.39, 0.29) is 36.3 Å². The smallest absolute Gasteiger partial charge is 0.355 e. The highest BCUT2D eigenvalue weighted by Crippen LogP contribution is 2.56. The van der Waals surface area contributed by atoms with E-state index in [9.17, 15) is 27.9 Å². The predicted molar refractivity (Wildman–Crippen MR) is 159 cm³/mol. The van der Waals surface area contributed by atoms with Crippen molar-refractivity contribution in [2.75, 3.05) is 24.1 Å². The highest BCUT2D eigenvalue weighted by Gasteiger charge is 2.64. The van der Waals surface area contributed by atoms with Crippen LogP contribution in [0.2, 0.25) is 0 Å². The topological polar surface area (TPSA) is 140 Å². The first kappa shape index (κ1) is 30.0. The molecule has 4 aliphatic rings. The van der Waals surface area contributed by atoms with Crippen molar-refractivity contribution in [2.24, 2.45) is 17.8 Å². The lowest BCUT2D eigenvalue weighted by atomic mass is 9.69. The number of carbonyl (C=O) groups is 3. The maximum atomic E-state index is 14.3. The Kier molecular flexibility index (Phi) is 7.85. The molecular formula is C32H34N2O9S. The number of carbonyl (C=O) groups excluding carboxylic acids is 3. The van der Waals surface area contributed by atoms with Gasteiger partial charge in [-0.15, -0.1) is 6.58 Å². The molecule has 232 valence electrons. The maximum absolute atomic E-state index is 14.3. The fourth-order valence-corrected chi connectivity index (χ4v) is 9.29. The average Bonchev–Trinajstić information content (AvgIpc) is 3.44. The summed E-state index contributed by atoms with van der Waals surface area (Å²) < 4.78 is 35.4. The standard InChI is InChI=1S/C32H34N2O9S/c1-4-16-41-32(38)29-27-21(28-25(30(36)33(28)29)18(3)31(37)43-42-17-5-2)9-7-11-23(27)34-22-10-6-8-20-19(14-15-35)12-13-24(26(20)22)44(34,39)40/h4-6,8,10,12-13,18,21,23,25,28,35H,1-2,7,9,11,14-17H2,3H3/t18?,21-,23?,25?,28?/m0/s1. The van der Waals surface area contributed by atoms with Crippen LogP contribution >= 0.6 is 0 Å². The van der Waals surface area contributed by atoms with Gasteiger partial charge < -0.3 is 14.7 Å². The molecule has 0 radical (unpaired) electrons. The van der Waals surface area contributed by atoms with Gasteiger partial charge in [0.15, 0.2) is 0 Å². The second-order valence-electron chi connectivity index (χ2n) is 11.4. The first-order chi connectivity index (χ1) is 21.2. The van der Waals surface area contributed by atoms with Crippen LogP contribution in [-0.2, 0) is 45.3 Å². The minimum Gasteiger partial charge on any atom is -0.457 e. The average molecular weight is 623 g/mol. The number of hydrogen-bond donors (Lipinski definition) is 1. The summed E-state index contributed by atoms with van der Waals surface area (Å²) in [4.78, 5) is 51.4. The van der Waals surface area contributed by atoms with Crippen LogP contribution in [0, 0.1) is 17.8 Å². The zero-order valence-corrected chi connectivity index (χ0v) is 25.1. The predicted octanol–water partition coefficient (Wildman–Crippen LogP) is 3.17. The largest absolute Gasteiger partial charge is 0.457 e. The maximum Gasteiger partial charge on any atom is 0.355 e. The third-order valence-electron chi connectivity index (χ3n) is 9.14. The molecule has 11 nitrogen and oxygen atoms in total. The SMILES string of the molecule is C=CCOOC(=O)C(C)C1C(=O)N2C(C(=O)OCC=C)=C3C(N4c5cccc6c(CCO)ccc(c56)S4(=O)=O)CCC[C@@H]3C12. The number of sulfonamides is 1. The number of ether oxygens (including phenoxy) is 1. The molecule has 1 saturated heterocycles. The Labute approximate surface area is 255 Å². The zero-order chi connectivity index (χ0) is 31.3. The summed E-state index contributed by atoms with van der Waals surface area (Å²) in [5, 5.41) is 10.9. The summed E-state index contributed by atoms with van der Waals surface area (Å²) in [6.45, 7) is 8.51. The van der Waals surface area contributed by atoms with Crippen LogP contribution in [0.3, 0.4) is 0 Å². The molecule has 6 rings (SSSR count). The second-order valence-corrected chi connectivity index (χ2v) is 13.2. The van der Waals surface area contributed by atoms with Crippen LogP contribution in [0.5, 0.6) is 0 Å². The molecule has 5 atom stereocenters. The van der Waals surface area contributed by atoms with Gasteiger partial charge in [-0.3, -0.25) is 14.0 Å². The number of anilines is 1. The molecule has 44 heavy (non-hydrogen) atoms. The van der Waals surface area contributed by atoms with Crippen LogP contribution in [0.1, 0.15) is 31.7 Å². The number of rotatable bonds is 11. The molecule has 3 heterocycles. The molecule has 1 aliphatic carbocycles. The number of fused-ring (bicyclic) bond motifs is 3. The minimum atomic E-state index is -4.05. The molecule has 1 N–H and O–H groups in total. The Bertz CT molecular complexity index is 1720. The fourth-order valence-electron chi connectivity index (χ4n) is 7.40. The Morgan fingerprint density at radius 3 is 2.64 bits per heavy atom. The van der Waals surface area contributed by atoms with E-state index in [0.717, 1.165) is 10.9 Å². The Morgan fingerprint density at radius 2 is 1.91 bits per heavy atom. The quantitative estimate of drug-likeness (QED) is 0.1000. The molecule has 2 aromatic carbocycles. The summed E-state index contributed by atoms with van der Waals surface area (Å²) in [7, 11) is -4.05. The monoisotopic (exact) mass is 622 g/mol. The van der Waals surface area contributed by atoms with Gasteiger partial charge in [0, 0.05) is 17.9 Å². The van der Waals surface area contributed by atoms with Gasteiger partial charge in [0.25, 0.3) is 10.0 Å². The van der Waals surface area contributed by atoms with E-state index < -0.39 is 51.8 Å².